The maximum atomic E-state index is 11.4. The SMILES string of the molecule is CCOC(=O)C1=NOC(CCCCC2CCC(=O)O2)C1. The molecule has 1 fully saturated rings. The van der Waals surface area contributed by atoms with Crippen LogP contribution in [0.4, 0.5) is 0 Å². The Morgan fingerprint density at radius 3 is 2.75 bits per heavy atom. The summed E-state index contributed by atoms with van der Waals surface area (Å²) in [6.07, 6.45) is 5.71. The Hall–Kier alpha value is -1.59. The molecule has 20 heavy (non-hydrogen) atoms. The minimum Gasteiger partial charge on any atom is -0.462 e. The molecule has 1 saturated heterocycles. The molecule has 6 heteroatoms. The monoisotopic (exact) mass is 283 g/mol. The lowest BCUT2D eigenvalue weighted by Crippen LogP contribution is -2.18. The highest BCUT2D eigenvalue weighted by Gasteiger charge is 2.27. The van der Waals surface area contributed by atoms with E-state index in [0.717, 1.165) is 32.1 Å². The lowest BCUT2D eigenvalue weighted by atomic mass is 10.0. The Morgan fingerprint density at radius 1 is 1.35 bits per heavy atom. The fraction of sp³-hybridized carbons (Fsp3) is 0.786. The topological polar surface area (TPSA) is 74.2 Å². The van der Waals surface area contributed by atoms with E-state index in [4.69, 9.17) is 14.3 Å². The summed E-state index contributed by atoms with van der Waals surface area (Å²) in [5.41, 5.74) is 0.376. The van der Waals surface area contributed by atoms with E-state index in [2.05, 4.69) is 5.16 Å². The number of ether oxygens (including phenoxy) is 2. The normalized spacial score (nSPS) is 25.1. The third-order valence-electron chi connectivity index (χ3n) is 3.51. The van der Waals surface area contributed by atoms with Gasteiger partial charge in [0.1, 0.15) is 12.2 Å². The van der Waals surface area contributed by atoms with Crippen molar-refractivity contribution in [2.45, 2.75) is 64.1 Å². The molecule has 0 saturated carbocycles. The van der Waals surface area contributed by atoms with E-state index in [1.807, 2.05) is 0 Å². The number of carbonyl (C=O) groups excluding carboxylic acids is 2. The molecule has 0 amide bonds. The molecule has 112 valence electrons. The van der Waals surface area contributed by atoms with Crippen LogP contribution in [0.5, 0.6) is 0 Å². The maximum Gasteiger partial charge on any atom is 0.356 e. The predicted octanol–water partition coefficient (Wildman–Crippen LogP) is 1.96. The first-order valence-corrected chi connectivity index (χ1v) is 7.28. The van der Waals surface area contributed by atoms with E-state index in [1.165, 1.54) is 0 Å². The quantitative estimate of drug-likeness (QED) is 0.527. The number of rotatable bonds is 7. The second kappa shape index (κ2) is 7.26. The molecule has 0 aromatic rings. The number of hydrogen-bond acceptors (Lipinski definition) is 6. The summed E-state index contributed by atoms with van der Waals surface area (Å²) in [7, 11) is 0. The molecule has 0 spiro atoms. The van der Waals surface area contributed by atoms with Gasteiger partial charge in [-0.1, -0.05) is 5.16 Å². The van der Waals surface area contributed by atoms with E-state index in [-0.39, 0.29) is 24.1 Å². The van der Waals surface area contributed by atoms with Gasteiger partial charge >= 0.3 is 11.9 Å². The first-order valence-electron chi connectivity index (χ1n) is 7.28. The Kier molecular flexibility index (Phi) is 5.38. The van der Waals surface area contributed by atoms with Crippen molar-refractivity contribution in [3.05, 3.63) is 0 Å². The molecule has 0 aromatic heterocycles. The average molecular weight is 283 g/mol. The summed E-state index contributed by atoms with van der Waals surface area (Å²) in [6.45, 7) is 2.12. The van der Waals surface area contributed by atoms with Gasteiger partial charge in [-0.2, -0.15) is 0 Å². The van der Waals surface area contributed by atoms with E-state index < -0.39 is 0 Å². The Labute approximate surface area is 118 Å². The Balaban J connectivity index is 1.55. The zero-order valence-electron chi connectivity index (χ0n) is 11.8. The van der Waals surface area contributed by atoms with Gasteiger partial charge in [0.2, 0.25) is 0 Å². The van der Waals surface area contributed by atoms with Crippen molar-refractivity contribution in [2.75, 3.05) is 6.61 Å². The van der Waals surface area contributed by atoms with Gasteiger partial charge < -0.3 is 14.3 Å². The van der Waals surface area contributed by atoms with Gasteiger partial charge in [0.05, 0.1) is 6.61 Å². The first-order chi connectivity index (χ1) is 9.69. The number of nitrogens with zero attached hydrogens (tertiary/aromatic N) is 1. The van der Waals surface area contributed by atoms with Crippen molar-refractivity contribution in [2.24, 2.45) is 5.16 Å². The fourth-order valence-electron chi connectivity index (χ4n) is 2.45. The van der Waals surface area contributed by atoms with Crippen molar-refractivity contribution < 1.29 is 23.9 Å². The number of hydrogen-bond donors (Lipinski definition) is 0. The second-order valence-electron chi connectivity index (χ2n) is 5.12. The summed E-state index contributed by atoms with van der Waals surface area (Å²) in [5, 5.41) is 3.77. The minimum absolute atomic E-state index is 0.0273. The minimum atomic E-state index is -0.382. The third kappa shape index (κ3) is 4.21. The van der Waals surface area contributed by atoms with Crippen LogP contribution in [-0.2, 0) is 23.9 Å². The van der Waals surface area contributed by atoms with E-state index in [0.29, 0.717) is 25.2 Å². The van der Waals surface area contributed by atoms with Gasteiger partial charge in [0, 0.05) is 12.8 Å². The Morgan fingerprint density at radius 2 is 2.10 bits per heavy atom. The molecule has 0 radical (unpaired) electrons. The van der Waals surface area contributed by atoms with Crippen molar-refractivity contribution >= 4 is 17.7 Å². The third-order valence-corrected chi connectivity index (χ3v) is 3.51. The molecular weight excluding hydrogens is 262 g/mol. The van der Waals surface area contributed by atoms with E-state index in [1.54, 1.807) is 6.92 Å². The fourth-order valence-corrected chi connectivity index (χ4v) is 2.45. The van der Waals surface area contributed by atoms with Crippen LogP contribution in [0.1, 0.15) is 51.9 Å². The molecule has 0 aliphatic carbocycles. The first kappa shape index (κ1) is 14.8. The van der Waals surface area contributed by atoms with E-state index in [9.17, 15) is 9.59 Å². The molecule has 2 unspecified atom stereocenters. The summed E-state index contributed by atoms with van der Waals surface area (Å²) in [5.74, 6) is -0.463. The lowest BCUT2D eigenvalue weighted by Gasteiger charge is -2.10. The number of esters is 2. The zero-order valence-corrected chi connectivity index (χ0v) is 11.8. The van der Waals surface area contributed by atoms with Crippen LogP contribution >= 0.6 is 0 Å². The largest absolute Gasteiger partial charge is 0.462 e. The zero-order chi connectivity index (χ0) is 14.4. The Bertz CT molecular complexity index is 393. The highest BCUT2D eigenvalue weighted by atomic mass is 16.6. The van der Waals surface area contributed by atoms with Crippen LogP contribution in [0.3, 0.4) is 0 Å². The number of cyclic esters (lactones) is 1. The molecule has 2 aliphatic rings. The van der Waals surface area contributed by atoms with Crippen LogP contribution < -0.4 is 0 Å². The highest BCUT2D eigenvalue weighted by molar-refractivity contribution is 6.36. The number of unbranched alkanes of at least 4 members (excludes halogenated alkanes) is 1. The predicted molar refractivity (Wildman–Crippen MR) is 71.1 cm³/mol. The van der Waals surface area contributed by atoms with Crippen molar-refractivity contribution in [1.82, 2.24) is 0 Å². The van der Waals surface area contributed by atoms with Gasteiger partial charge in [0.15, 0.2) is 5.71 Å². The molecule has 2 atom stereocenters. The molecule has 0 aromatic carbocycles. The van der Waals surface area contributed by atoms with Crippen LogP contribution in [0, 0.1) is 0 Å². The van der Waals surface area contributed by atoms with Crippen LogP contribution in [-0.4, -0.2) is 36.5 Å². The summed E-state index contributed by atoms with van der Waals surface area (Å²) >= 11 is 0. The van der Waals surface area contributed by atoms with Crippen LogP contribution in [0.15, 0.2) is 5.16 Å². The summed E-state index contributed by atoms with van der Waals surface area (Å²) in [6, 6.07) is 0. The van der Waals surface area contributed by atoms with Gasteiger partial charge in [-0.05, 0) is 39.0 Å². The highest BCUT2D eigenvalue weighted by Crippen LogP contribution is 2.22. The molecule has 0 N–H and O–H groups in total. The molecule has 0 bridgehead atoms. The van der Waals surface area contributed by atoms with Gasteiger partial charge in [-0.15, -0.1) is 0 Å². The van der Waals surface area contributed by atoms with E-state index >= 15 is 0 Å². The van der Waals surface area contributed by atoms with Crippen molar-refractivity contribution in [3.63, 3.8) is 0 Å². The van der Waals surface area contributed by atoms with Crippen LogP contribution in [0.2, 0.25) is 0 Å². The standard InChI is InChI=1S/C14H21NO5/c1-2-18-14(17)12-9-11(20-15-12)6-4-3-5-10-7-8-13(16)19-10/h10-11H,2-9H2,1H3. The van der Waals surface area contributed by atoms with Crippen molar-refractivity contribution in [3.8, 4) is 0 Å². The summed E-state index contributed by atoms with van der Waals surface area (Å²) < 4.78 is 10.0. The van der Waals surface area contributed by atoms with Gasteiger partial charge in [-0.3, -0.25) is 4.79 Å². The average Bonchev–Trinajstić information content (AvgIpc) is 3.04. The lowest BCUT2D eigenvalue weighted by molar-refractivity contribution is -0.141. The second-order valence-corrected chi connectivity index (χ2v) is 5.12. The molecule has 6 nitrogen and oxygen atoms in total. The van der Waals surface area contributed by atoms with Crippen molar-refractivity contribution in [1.29, 1.82) is 0 Å². The molecule has 2 aliphatic heterocycles. The summed E-state index contributed by atoms with van der Waals surface area (Å²) in [4.78, 5) is 27.6. The van der Waals surface area contributed by atoms with Gasteiger partial charge in [-0.25, -0.2) is 4.79 Å². The molecular formula is C14H21NO5. The van der Waals surface area contributed by atoms with Gasteiger partial charge in [0.25, 0.3) is 0 Å². The number of oxime groups is 1. The molecule has 2 rings (SSSR count). The van der Waals surface area contributed by atoms with Crippen LogP contribution in [0.25, 0.3) is 0 Å². The maximum absolute atomic E-state index is 11.4. The smallest absolute Gasteiger partial charge is 0.356 e. The molecule has 2 heterocycles. The number of carbonyl (C=O) groups is 2.